The molecule has 0 saturated carbocycles. The molecule has 1 aromatic carbocycles. The van der Waals surface area contributed by atoms with Gasteiger partial charge in [-0.25, -0.2) is 4.79 Å². The Balaban J connectivity index is 1.96. The first-order valence-electron chi connectivity index (χ1n) is 8.22. The summed E-state index contributed by atoms with van der Waals surface area (Å²) in [5.74, 6) is 0. The number of aromatic amines is 1. The number of imidazole rings is 1. The number of nitrogens with one attached hydrogen (secondary N) is 2. The molecule has 0 atom stereocenters. The third-order valence-corrected chi connectivity index (χ3v) is 4.85. The average Bonchev–Trinajstić information content (AvgIpc) is 3.01. The van der Waals surface area contributed by atoms with Crippen molar-refractivity contribution in [1.82, 2.24) is 19.5 Å². The summed E-state index contributed by atoms with van der Waals surface area (Å²) in [6.45, 7) is 2.03. The molecule has 0 amide bonds. The van der Waals surface area contributed by atoms with Crippen LogP contribution in [0, 0.1) is 0 Å². The number of fused-ring (bicyclic) bond motifs is 4. The van der Waals surface area contributed by atoms with Gasteiger partial charge in [-0.1, -0.05) is 6.08 Å². The highest BCUT2D eigenvalue weighted by Gasteiger charge is 2.15. The van der Waals surface area contributed by atoms with Crippen molar-refractivity contribution in [2.24, 2.45) is 19.2 Å². The van der Waals surface area contributed by atoms with Crippen molar-refractivity contribution in [3.63, 3.8) is 0 Å². The molecule has 0 fully saturated rings. The van der Waals surface area contributed by atoms with Crippen LogP contribution in [-0.4, -0.2) is 20.3 Å². The van der Waals surface area contributed by atoms with E-state index in [-0.39, 0.29) is 5.69 Å². The van der Waals surface area contributed by atoms with Crippen molar-refractivity contribution < 1.29 is 0 Å². The second kappa shape index (κ2) is 5.40. The van der Waals surface area contributed by atoms with E-state index in [1.54, 1.807) is 9.13 Å². The molecule has 2 aromatic heterocycles. The number of H-pyrrole nitrogens is 1. The van der Waals surface area contributed by atoms with E-state index in [9.17, 15) is 4.79 Å². The Hall–Kier alpha value is -2.76. The zero-order chi connectivity index (χ0) is 16.8. The van der Waals surface area contributed by atoms with Gasteiger partial charge in [0, 0.05) is 30.7 Å². The van der Waals surface area contributed by atoms with Crippen LogP contribution >= 0.6 is 0 Å². The van der Waals surface area contributed by atoms with Crippen LogP contribution in [0.2, 0.25) is 0 Å². The van der Waals surface area contributed by atoms with Crippen LogP contribution in [0.5, 0.6) is 0 Å². The molecule has 1 aliphatic rings. The van der Waals surface area contributed by atoms with Gasteiger partial charge in [-0.3, -0.25) is 14.6 Å². The summed E-state index contributed by atoms with van der Waals surface area (Å²) >= 11 is 0. The van der Waals surface area contributed by atoms with Gasteiger partial charge in [0.15, 0.2) is 0 Å². The lowest BCUT2D eigenvalue weighted by Crippen LogP contribution is -2.19. The number of hydrogen-bond donors (Lipinski definition) is 2. The molecule has 0 unspecified atom stereocenters. The molecule has 0 aliphatic carbocycles. The second-order valence-corrected chi connectivity index (χ2v) is 6.45. The van der Waals surface area contributed by atoms with Crippen molar-refractivity contribution >= 4 is 28.2 Å². The van der Waals surface area contributed by atoms with Crippen molar-refractivity contribution in [2.45, 2.75) is 26.2 Å². The highest BCUT2D eigenvalue weighted by atomic mass is 16.1. The number of allylic oxidation sites excluding steroid dienone is 2. The Morgan fingerprint density at radius 1 is 1.17 bits per heavy atom. The minimum Gasteiger partial charge on any atom is -0.353 e. The van der Waals surface area contributed by atoms with E-state index in [1.165, 1.54) is 10.9 Å². The maximum absolute atomic E-state index is 12.2. The molecule has 3 heterocycles. The molecule has 4 rings (SSSR count). The first-order chi connectivity index (χ1) is 11.6. The van der Waals surface area contributed by atoms with Gasteiger partial charge in [-0.05, 0) is 43.9 Å². The number of rotatable bonds is 0. The SMILES string of the molecule is C/C1=C\CCCc2c([nH]c3cc4c(cc23)n(C)c(=O)n4C)/C=N/N1. The highest BCUT2D eigenvalue weighted by Crippen LogP contribution is 2.28. The molecular weight excluding hydrogens is 302 g/mol. The quantitative estimate of drug-likeness (QED) is 0.667. The summed E-state index contributed by atoms with van der Waals surface area (Å²) in [4.78, 5) is 15.6. The van der Waals surface area contributed by atoms with Crippen molar-refractivity contribution in [1.29, 1.82) is 0 Å². The fourth-order valence-corrected chi connectivity index (χ4v) is 3.49. The Kier molecular flexibility index (Phi) is 3.33. The number of hydrazone groups is 1. The summed E-state index contributed by atoms with van der Waals surface area (Å²) in [5.41, 5.74) is 9.37. The third kappa shape index (κ3) is 2.18. The molecule has 2 N–H and O–H groups in total. The van der Waals surface area contributed by atoms with Crippen LogP contribution in [0.4, 0.5) is 0 Å². The highest BCUT2D eigenvalue weighted by molar-refractivity contribution is 6.00. The van der Waals surface area contributed by atoms with Gasteiger partial charge in [-0.2, -0.15) is 5.10 Å². The number of benzene rings is 1. The molecule has 124 valence electrons. The molecule has 0 spiro atoms. The zero-order valence-electron chi connectivity index (χ0n) is 14.2. The van der Waals surface area contributed by atoms with Gasteiger partial charge in [0.05, 0.1) is 22.9 Å². The maximum Gasteiger partial charge on any atom is 0.328 e. The number of nitrogens with zero attached hydrogens (tertiary/aromatic N) is 3. The molecule has 0 bridgehead atoms. The van der Waals surface area contributed by atoms with E-state index in [0.717, 1.165) is 47.2 Å². The van der Waals surface area contributed by atoms with Crippen molar-refractivity contribution in [3.05, 3.63) is 45.6 Å². The van der Waals surface area contributed by atoms with E-state index >= 15 is 0 Å². The van der Waals surface area contributed by atoms with Crippen molar-refractivity contribution in [2.75, 3.05) is 0 Å². The van der Waals surface area contributed by atoms with Gasteiger partial charge in [0.2, 0.25) is 0 Å². The van der Waals surface area contributed by atoms with Gasteiger partial charge in [0.1, 0.15) is 0 Å². The average molecular weight is 323 g/mol. The topological polar surface area (TPSA) is 67.1 Å². The largest absolute Gasteiger partial charge is 0.353 e. The first kappa shape index (κ1) is 14.8. The van der Waals surface area contributed by atoms with Gasteiger partial charge in [0.25, 0.3) is 0 Å². The standard InChI is InChI=1S/C18H21N5O/c1-11-6-4-5-7-12-13-8-16-17(23(3)18(24)22(16)2)9-14(13)20-15(12)10-19-21-11/h6,8-10,20-21H,4-5,7H2,1-3H3/b11-6+,19-10+. The predicted octanol–water partition coefficient (Wildman–Crippen LogP) is 2.52. The van der Waals surface area contributed by atoms with E-state index in [0.29, 0.717) is 0 Å². The molecular formula is C18H21N5O. The minimum atomic E-state index is 0.000190. The lowest BCUT2D eigenvalue weighted by molar-refractivity contribution is 0.795. The summed E-state index contributed by atoms with van der Waals surface area (Å²) in [7, 11) is 3.63. The van der Waals surface area contributed by atoms with E-state index in [1.807, 2.05) is 27.2 Å². The lowest BCUT2D eigenvalue weighted by Gasteiger charge is -2.05. The Morgan fingerprint density at radius 2 is 1.92 bits per heavy atom. The fourth-order valence-electron chi connectivity index (χ4n) is 3.49. The Bertz CT molecular complexity index is 1060. The third-order valence-electron chi connectivity index (χ3n) is 4.85. The summed E-state index contributed by atoms with van der Waals surface area (Å²) in [6.07, 6.45) is 7.11. The minimum absolute atomic E-state index is 0.000190. The summed E-state index contributed by atoms with van der Waals surface area (Å²) in [6, 6.07) is 4.18. The monoisotopic (exact) mass is 323 g/mol. The number of aromatic nitrogens is 3. The van der Waals surface area contributed by atoms with Crippen LogP contribution < -0.4 is 11.1 Å². The summed E-state index contributed by atoms with van der Waals surface area (Å²) in [5, 5.41) is 5.49. The number of hydrogen-bond acceptors (Lipinski definition) is 3. The maximum atomic E-state index is 12.2. The van der Waals surface area contributed by atoms with Gasteiger partial charge >= 0.3 is 5.69 Å². The zero-order valence-corrected chi connectivity index (χ0v) is 14.2. The van der Waals surface area contributed by atoms with Crippen LogP contribution in [0.15, 0.2) is 33.8 Å². The fraction of sp³-hybridized carbons (Fsp3) is 0.333. The first-order valence-corrected chi connectivity index (χ1v) is 8.22. The van der Waals surface area contributed by atoms with E-state index < -0.39 is 0 Å². The molecule has 6 heteroatoms. The van der Waals surface area contributed by atoms with Gasteiger partial charge in [-0.15, -0.1) is 0 Å². The predicted molar refractivity (Wildman–Crippen MR) is 97.4 cm³/mol. The molecule has 6 nitrogen and oxygen atoms in total. The van der Waals surface area contributed by atoms with Crippen LogP contribution in [0.3, 0.4) is 0 Å². The smallest absolute Gasteiger partial charge is 0.328 e. The van der Waals surface area contributed by atoms with Crippen LogP contribution in [0.1, 0.15) is 31.0 Å². The van der Waals surface area contributed by atoms with Crippen LogP contribution in [0.25, 0.3) is 21.9 Å². The lowest BCUT2D eigenvalue weighted by atomic mass is 10.0. The Morgan fingerprint density at radius 3 is 2.71 bits per heavy atom. The van der Waals surface area contributed by atoms with E-state index in [2.05, 4.69) is 33.7 Å². The van der Waals surface area contributed by atoms with Crippen molar-refractivity contribution in [3.8, 4) is 0 Å². The molecule has 24 heavy (non-hydrogen) atoms. The molecule has 0 saturated heterocycles. The van der Waals surface area contributed by atoms with Crippen LogP contribution in [-0.2, 0) is 20.5 Å². The molecule has 1 aliphatic heterocycles. The number of aryl methyl sites for hydroxylation is 3. The molecule has 0 radical (unpaired) electrons. The normalized spacial score (nSPS) is 18.9. The van der Waals surface area contributed by atoms with E-state index in [4.69, 9.17) is 0 Å². The van der Waals surface area contributed by atoms with Gasteiger partial charge < -0.3 is 4.98 Å². The summed E-state index contributed by atoms with van der Waals surface area (Å²) < 4.78 is 3.39. The molecule has 3 aromatic rings. The second-order valence-electron chi connectivity index (χ2n) is 6.45. The Labute approximate surface area is 139 Å².